The number of likely N-dealkylation sites (tertiary alicyclic amines) is 2. The first kappa shape index (κ1) is 53.2. The van der Waals surface area contributed by atoms with Gasteiger partial charge in [-0.25, -0.2) is 4.79 Å². The second-order valence-corrected chi connectivity index (χ2v) is 16.6. The molecule has 0 saturated carbocycles. The number of aliphatic hydroxyl groups excluding tert-OH is 1. The molecule has 2 fully saturated rings. The van der Waals surface area contributed by atoms with Gasteiger partial charge < -0.3 is 69.1 Å². The van der Waals surface area contributed by atoms with E-state index in [0.717, 1.165) is 0 Å². The number of nitrogens with one attached hydrogen (secondary N) is 6. The first-order valence-electron chi connectivity index (χ1n) is 21.0. The highest BCUT2D eigenvalue weighted by Gasteiger charge is 2.42. The second-order valence-electron chi connectivity index (χ2n) is 16.6. The van der Waals surface area contributed by atoms with Crippen molar-refractivity contribution in [3.05, 3.63) is 0 Å². The Balaban J connectivity index is 2.09. The molecule has 354 valence electrons. The number of aliphatic carboxylic acids is 1. The van der Waals surface area contributed by atoms with E-state index in [0.29, 0.717) is 12.8 Å². The summed E-state index contributed by atoms with van der Waals surface area (Å²) in [7, 11) is 0. The van der Waals surface area contributed by atoms with E-state index in [9.17, 15) is 63.0 Å². The maximum atomic E-state index is 13.9. The van der Waals surface area contributed by atoms with Crippen molar-refractivity contribution in [1.82, 2.24) is 41.7 Å². The largest absolute Gasteiger partial charge is 0.480 e. The SMILES string of the molecule is CC(C)[C@H](NC(=O)[C@@H]1CCCN1C(=O)[C@H](C)NC(=O)[C@@H](N)CCC(N)=O)C(=O)N[C@@H](CO)C(=O)N[C@H](C(=O)N1CCC[C@H]1C(=O)N[C@@H](C)C(=O)N[C@@H](CCC(N)=O)C(=O)O)C(C)C. The number of nitrogens with two attached hydrogens (primary N) is 3. The molecular formula is C39H65N11O13. The van der Waals surface area contributed by atoms with Gasteiger partial charge in [0.25, 0.3) is 0 Å². The van der Waals surface area contributed by atoms with Crippen molar-refractivity contribution in [2.75, 3.05) is 19.7 Å². The molecule has 24 heteroatoms. The van der Waals surface area contributed by atoms with Gasteiger partial charge in [-0.3, -0.25) is 47.9 Å². The van der Waals surface area contributed by atoms with E-state index in [1.807, 2.05) is 0 Å². The predicted octanol–water partition coefficient (Wildman–Crippen LogP) is -4.84. The van der Waals surface area contributed by atoms with Gasteiger partial charge in [0.1, 0.15) is 48.3 Å². The Labute approximate surface area is 365 Å². The predicted molar refractivity (Wildman–Crippen MR) is 222 cm³/mol. The highest BCUT2D eigenvalue weighted by molar-refractivity contribution is 5.98. The molecule has 0 bridgehead atoms. The van der Waals surface area contributed by atoms with Gasteiger partial charge >= 0.3 is 5.97 Å². The van der Waals surface area contributed by atoms with E-state index in [1.54, 1.807) is 27.7 Å². The quantitative estimate of drug-likeness (QED) is 0.0433. The van der Waals surface area contributed by atoms with Gasteiger partial charge in [-0.2, -0.15) is 0 Å². The van der Waals surface area contributed by atoms with Crippen LogP contribution in [0.15, 0.2) is 0 Å². The summed E-state index contributed by atoms with van der Waals surface area (Å²) in [4.78, 5) is 143. The summed E-state index contributed by atoms with van der Waals surface area (Å²) in [5, 5.41) is 34.4. The van der Waals surface area contributed by atoms with E-state index < -0.39 is 138 Å². The fraction of sp³-hybridized carbons (Fsp3) is 0.718. The van der Waals surface area contributed by atoms with Crippen LogP contribution < -0.4 is 49.1 Å². The lowest BCUT2D eigenvalue weighted by molar-refractivity contribution is -0.144. The minimum absolute atomic E-state index is 0.0293. The lowest BCUT2D eigenvalue weighted by Crippen LogP contribution is -2.61. The second kappa shape index (κ2) is 24.7. The third-order valence-electron chi connectivity index (χ3n) is 10.8. The Bertz CT molecular complexity index is 1730. The van der Waals surface area contributed by atoms with Crippen LogP contribution in [0.25, 0.3) is 0 Å². The van der Waals surface area contributed by atoms with Crippen LogP contribution in [0.5, 0.6) is 0 Å². The van der Waals surface area contributed by atoms with Crippen molar-refractivity contribution in [2.24, 2.45) is 29.0 Å². The Morgan fingerprint density at radius 3 is 1.56 bits per heavy atom. The van der Waals surface area contributed by atoms with Gasteiger partial charge in [-0.1, -0.05) is 27.7 Å². The molecule has 0 radical (unpaired) electrons. The lowest BCUT2D eigenvalue weighted by Gasteiger charge is -2.32. The molecule has 24 nitrogen and oxygen atoms in total. The molecule has 2 aliphatic heterocycles. The number of hydrogen-bond acceptors (Lipinski definition) is 13. The third-order valence-corrected chi connectivity index (χ3v) is 10.8. The Morgan fingerprint density at radius 2 is 1.06 bits per heavy atom. The minimum Gasteiger partial charge on any atom is -0.480 e. The molecule has 2 rings (SSSR count). The molecule has 63 heavy (non-hydrogen) atoms. The number of carbonyl (C=O) groups is 11. The van der Waals surface area contributed by atoms with Crippen molar-refractivity contribution >= 4 is 65.0 Å². The number of carbonyl (C=O) groups excluding carboxylic acids is 10. The molecule has 2 heterocycles. The van der Waals surface area contributed by atoms with Crippen LogP contribution >= 0.6 is 0 Å². The average molecular weight is 896 g/mol. The number of amides is 10. The van der Waals surface area contributed by atoms with Gasteiger partial charge in [0.05, 0.1) is 12.6 Å². The highest BCUT2D eigenvalue weighted by Crippen LogP contribution is 2.22. The van der Waals surface area contributed by atoms with Crippen LogP contribution in [0.3, 0.4) is 0 Å². The van der Waals surface area contributed by atoms with Crippen LogP contribution in [-0.2, 0) is 52.7 Å². The van der Waals surface area contributed by atoms with Crippen molar-refractivity contribution in [3.8, 4) is 0 Å². The zero-order valence-electron chi connectivity index (χ0n) is 36.6. The Morgan fingerprint density at radius 1 is 0.571 bits per heavy atom. The number of carboxylic acid groups (broad SMARTS) is 1. The fourth-order valence-electron chi connectivity index (χ4n) is 7.07. The van der Waals surface area contributed by atoms with Crippen LogP contribution in [-0.4, -0.2) is 159 Å². The molecule has 9 atom stereocenters. The summed E-state index contributed by atoms with van der Waals surface area (Å²) < 4.78 is 0. The summed E-state index contributed by atoms with van der Waals surface area (Å²) in [5.41, 5.74) is 16.0. The first-order chi connectivity index (χ1) is 29.4. The molecule has 2 aliphatic rings. The van der Waals surface area contributed by atoms with E-state index in [4.69, 9.17) is 17.2 Å². The van der Waals surface area contributed by atoms with Crippen molar-refractivity contribution < 1.29 is 63.0 Å². The molecule has 2 saturated heterocycles. The topological polar surface area (TPSA) is 385 Å². The fourth-order valence-corrected chi connectivity index (χ4v) is 7.07. The highest BCUT2D eigenvalue weighted by atomic mass is 16.4. The molecule has 0 aromatic carbocycles. The van der Waals surface area contributed by atoms with E-state index in [1.165, 1.54) is 23.6 Å². The molecule has 0 spiro atoms. The summed E-state index contributed by atoms with van der Waals surface area (Å²) in [6, 6.07) is -11.0. The molecule has 14 N–H and O–H groups in total. The maximum absolute atomic E-state index is 13.9. The zero-order valence-corrected chi connectivity index (χ0v) is 36.6. The Kier molecular flexibility index (Phi) is 20.8. The van der Waals surface area contributed by atoms with Crippen LogP contribution in [0.1, 0.15) is 92.9 Å². The van der Waals surface area contributed by atoms with Gasteiger partial charge in [0, 0.05) is 25.9 Å². The van der Waals surface area contributed by atoms with Crippen molar-refractivity contribution in [3.63, 3.8) is 0 Å². The molecule has 0 aliphatic carbocycles. The van der Waals surface area contributed by atoms with E-state index in [2.05, 4.69) is 31.9 Å². The van der Waals surface area contributed by atoms with Gasteiger partial charge in [0.15, 0.2) is 0 Å². The van der Waals surface area contributed by atoms with Crippen molar-refractivity contribution in [2.45, 2.75) is 147 Å². The number of nitrogens with zero attached hydrogens (tertiary/aromatic N) is 2. The molecule has 0 unspecified atom stereocenters. The summed E-state index contributed by atoms with van der Waals surface area (Å²) in [5.74, 6) is -9.90. The van der Waals surface area contributed by atoms with Crippen LogP contribution in [0.4, 0.5) is 0 Å². The monoisotopic (exact) mass is 895 g/mol. The van der Waals surface area contributed by atoms with Crippen LogP contribution in [0.2, 0.25) is 0 Å². The first-order valence-corrected chi connectivity index (χ1v) is 21.0. The zero-order chi connectivity index (χ0) is 47.9. The molecular weight excluding hydrogens is 830 g/mol. The third kappa shape index (κ3) is 15.7. The smallest absolute Gasteiger partial charge is 0.326 e. The summed E-state index contributed by atoms with van der Waals surface area (Å²) in [6.45, 7) is 8.61. The Hall–Kier alpha value is -5.91. The average Bonchev–Trinajstić information content (AvgIpc) is 3.91. The summed E-state index contributed by atoms with van der Waals surface area (Å²) in [6.07, 6.45) is 0.555. The standard InChI is InChI=1S/C39H65N11O13/c1-18(2)29(47-35(58)26-10-7-15-49(26)37(60)21(6)44-32(55)22(40)11-13-27(41)52)36(59)46-24(17-51)33(56)48-30(19(3)4)38(61)50-16-8-9-25(50)34(57)43-20(5)31(54)45-23(39(62)63)12-14-28(42)53/h18-26,29-30,51H,7-17,40H2,1-6H3,(H2,41,52)(H2,42,53)(H,43,57)(H,44,55)(H,45,54)(H,46,59)(H,47,58)(H,48,56)(H,62,63)/t20-,21-,22-,23-,24-,25-,26-,29-,30-/m0/s1. The van der Waals surface area contributed by atoms with E-state index in [-0.39, 0.29) is 51.6 Å². The number of rotatable bonds is 24. The number of primary amides is 2. The normalized spacial score (nSPS) is 19.4. The summed E-state index contributed by atoms with van der Waals surface area (Å²) >= 11 is 0. The minimum atomic E-state index is -1.59. The molecule has 0 aromatic heterocycles. The van der Waals surface area contributed by atoms with Crippen molar-refractivity contribution in [1.29, 1.82) is 0 Å². The molecule has 0 aromatic rings. The maximum Gasteiger partial charge on any atom is 0.326 e. The number of carboxylic acids is 1. The molecule has 10 amide bonds. The van der Waals surface area contributed by atoms with Crippen LogP contribution in [0, 0.1) is 11.8 Å². The number of aliphatic hydroxyl groups is 1. The van der Waals surface area contributed by atoms with E-state index >= 15 is 0 Å². The van der Waals surface area contributed by atoms with Gasteiger partial charge in [-0.15, -0.1) is 0 Å². The van der Waals surface area contributed by atoms with Gasteiger partial charge in [-0.05, 0) is 64.2 Å². The lowest BCUT2D eigenvalue weighted by atomic mass is 10.0. The number of hydrogen-bond donors (Lipinski definition) is 11. The van der Waals surface area contributed by atoms with Gasteiger partial charge in [0.2, 0.25) is 59.1 Å².